The van der Waals surface area contributed by atoms with Crippen molar-refractivity contribution >= 4 is 38.4 Å². The number of sulfonamides is 1. The summed E-state index contributed by atoms with van der Waals surface area (Å²) in [6.07, 6.45) is 2.21. The Morgan fingerprint density at radius 2 is 1.68 bits per heavy atom. The van der Waals surface area contributed by atoms with Crippen LogP contribution in [-0.2, 0) is 16.6 Å². The van der Waals surface area contributed by atoms with Crippen LogP contribution in [0.3, 0.4) is 0 Å². The molecule has 2 aromatic carbocycles. The number of nitrogens with two attached hydrogens (primary N) is 1. The maximum absolute atomic E-state index is 11.5. The maximum Gasteiger partial charge on any atom is 0.238 e. The molecule has 2 aromatic rings. The molecule has 28 heavy (non-hydrogen) atoms. The van der Waals surface area contributed by atoms with E-state index in [4.69, 9.17) is 5.14 Å². The van der Waals surface area contributed by atoms with Crippen LogP contribution in [0.2, 0.25) is 0 Å². The number of nitrogens with zero attached hydrogens (tertiary/aromatic N) is 1. The third-order valence-electron chi connectivity index (χ3n) is 5.24. The zero-order valence-electron chi connectivity index (χ0n) is 15.8. The molecular formula is C20H27BrClN3O2S. The van der Waals surface area contributed by atoms with E-state index in [1.54, 1.807) is 12.1 Å². The molecule has 154 valence electrons. The summed E-state index contributed by atoms with van der Waals surface area (Å²) in [6, 6.07) is 16.1. The van der Waals surface area contributed by atoms with E-state index in [0.29, 0.717) is 6.04 Å². The fraction of sp³-hybridized carbons (Fsp3) is 0.400. The number of piperidine rings is 1. The zero-order valence-corrected chi connectivity index (χ0v) is 19.1. The minimum absolute atomic E-state index is 0. The molecule has 3 N–H and O–H groups in total. The quantitative estimate of drug-likeness (QED) is 0.648. The van der Waals surface area contributed by atoms with Crippen LogP contribution < -0.4 is 10.5 Å². The van der Waals surface area contributed by atoms with Gasteiger partial charge in [0.1, 0.15) is 0 Å². The summed E-state index contributed by atoms with van der Waals surface area (Å²) < 4.78 is 24.1. The first-order chi connectivity index (χ1) is 12.8. The van der Waals surface area contributed by atoms with Crippen molar-refractivity contribution < 1.29 is 8.42 Å². The van der Waals surface area contributed by atoms with Gasteiger partial charge in [0, 0.05) is 23.1 Å². The fourth-order valence-corrected chi connectivity index (χ4v) is 4.43. The fourth-order valence-electron chi connectivity index (χ4n) is 3.65. The van der Waals surface area contributed by atoms with E-state index in [1.165, 1.54) is 5.56 Å². The minimum atomic E-state index is -3.66. The van der Waals surface area contributed by atoms with Gasteiger partial charge in [-0.05, 0) is 68.2 Å². The summed E-state index contributed by atoms with van der Waals surface area (Å²) in [5, 5.41) is 8.64. The molecule has 1 atom stereocenters. The predicted octanol–water partition coefficient (Wildman–Crippen LogP) is 3.83. The van der Waals surface area contributed by atoms with Crippen LogP contribution in [0.5, 0.6) is 0 Å². The molecule has 0 aromatic heterocycles. The number of rotatable bonds is 6. The lowest BCUT2D eigenvalue weighted by molar-refractivity contribution is 0.108. The monoisotopic (exact) mass is 487 g/mol. The van der Waals surface area contributed by atoms with E-state index in [9.17, 15) is 8.42 Å². The molecule has 1 aliphatic rings. The highest BCUT2D eigenvalue weighted by molar-refractivity contribution is 9.10. The Bertz CT molecular complexity index is 854. The minimum Gasteiger partial charge on any atom is -0.317 e. The van der Waals surface area contributed by atoms with Gasteiger partial charge in [-0.2, -0.15) is 0 Å². The van der Waals surface area contributed by atoms with E-state index < -0.39 is 10.0 Å². The van der Waals surface area contributed by atoms with Crippen LogP contribution in [-0.4, -0.2) is 32.4 Å². The molecule has 1 heterocycles. The Balaban J connectivity index is 0.00000280. The molecule has 0 amide bonds. The van der Waals surface area contributed by atoms with Crippen LogP contribution in [0.1, 0.15) is 36.9 Å². The van der Waals surface area contributed by atoms with Gasteiger partial charge in [-0.25, -0.2) is 13.6 Å². The number of benzene rings is 2. The number of halogens is 2. The first kappa shape index (κ1) is 23.3. The van der Waals surface area contributed by atoms with Gasteiger partial charge in [0.15, 0.2) is 0 Å². The van der Waals surface area contributed by atoms with Gasteiger partial charge in [0.2, 0.25) is 10.0 Å². The van der Waals surface area contributed by atoms with Gasteiger partial charge in [-0.15, -0.1) is 12.4 Å². The van der Waals surface area contributed by atoms with Gasteiger partial charge >= 0.3 is 0 Å². The SMILES string of the molecule is CC(c1ccc(Br)cc1)N(Cc1ccc(S(N)(=O)=O)cc1)C1CCNCC1.Cl. The molecule has 1 fully saturated rings. The molecule has 8 heteroatoms. The highest BCUT2D eigenvalue weighted by Crippen LogP contribution is 2.29. The standard InChI is InChI=1S/C20H26BrN3O2S.ClH/c1-15(17-4-6-18(21)7-5-17)24(19-10-12-23-13-11-19)14-16-2-8-20(9-3-16)27(22,25)26;/h2-9,15,19,23H,10-14H2,1H3,(H2,22,25,26);1H. The van der Waals surface area contributed by atoms with Gasteiger partial charge < -0.3 is 5.32 Å². The number of hydrogen-bond acceptors (Lipinski definition) is 4. The molecule has 1 aliphatic heterocycles. The van der Waals surface area contributed by atoms with Crippen molar-refractivity contribution in [3.63, 3.8) is 0 Å². The summed E-state index contributed by atoms with van der Waals surface area (Å²) in [7, 11) is -3.66. The third kappa shape index (κ3) is 6.02. The molecule has 0 radical (unpaired) electrons. The third-order valence-corrected chi connectivity index (χ3v) is 6.70. The molecular weight excluding hydrogens is 462 g/mol. The highest BCUT2D eigenvalue weighted by Gasteiger charge is 2.26. The van der Waals surface area contributed by atoms with Crippen LogP contribution >= 0.6 is 28.3 Å². The second kappa shape index (κ2) is 10.2. The number of hydrogen-bond donors (Lipinski definition) is 2. The lowest BCUT2D eigenvalue weighted by atomic mass is 9.98. The van der Waals surface area contributed by atoms with Gasteiger partial charge in [-0.3, -0.25) is 4.90 Å². The Hall–Kier alpha value is -0.960. The Morgan fingerprint density at radius 1 is 1.11 bits per heavy atom. The van der Waals surface area contributed by atoms with Crippen molar-refractivity contribution in [2.75, 3.05) is 13.1 Å². The summed E-state index contributed by atoms with van der Waals surface area (Å²) >= 11 is 3.50. The van der Waals surface area contributed by atoms with E-state index in [1.807, 2.05) is 12.1 Å². The second-order valence-corrected chi connectivity index (χ2v) is 9.55. The lowest BCUT2D eigenvalue weighted by Gasteiger charge is -2.39. The first-order valence-electron chi connectivity index (χ1n) is 9.18. The van der Waals surface area contributed by atoms with Crippen molar-refractivity contribution in [2.24, 2.45) is 5.14 Å². The van der Waals surface area contributed by atoms with Crippen molar-refractivity contribution in [2.45, 2.75) is 43.3 Å². The van der Waals surface area contributed by atoms with Crippen molar-refractivity contribution in [3.8, 4) is 0 Å². The summed E-state index contributed by atoms with van der Waals surface area (Å²) in [5.74, 6) is 0. The number of nitrogens with one attached hydrogen (secondary N) is 1. The van der Waals surface area contributed by atoms with Crippen LogP contribution in [0.25, 0.3) is 0 Å². The summed E-state index contributed by atoms with van der Waals surface area (Å²) in [4.78, 5) is 2.68. The van der Waals surface area contributed by atoms with Gasteiger partial charge in [0.25, 0.3) is 0 Å². The Morgan fingerprint density at radius 3 is 2.21 bits per heavy atom. The summed E-state index contributed by atoms with van der Waals surface area (Å²) in [5.41, 5.74) is 2.36. The normalized spacial score (nSPS) is 16.6. The largest absolute Gasteiger partial charge is 0.317 e. The topological polar surface area (TPSA) is 75.4 Å². The molecule has 3 rings (SSSR count). The lowest BCUT2D eigenvalue weighted by Crippen LogP contribution is -2.43. The van der Waals surface area contributed by atoms with Crippen LogP contribution in [0, 0.1) is 0 Å². The molecule has 5 nitrogen and oxygen atoms in total. The van der Waals surface area contributed by atoms with Crippen LogP contribution in [0.4, 0.5) is 0 Å². The van der Waals surface area contributed by atoms with E-state index in [0.717, 1.165) is 42.5 Å². The maximum atomic E-state index is 11.5. The molecule has 0 aliphatic carbocycles. The predicted molar refractivity (Wildman–Crippen MR) is 119 cm³/mol. The van der Waals surface area contributed by atoms with E-state index in [-0.39, 0.29) is 23.3 Å². The smallest absolute Gasteiger partial charge is 0.238 e. The van der Waals surface area contributed by atoms with Gasteiger partial charge in [-0.1, -0.05) is 40.2 Å². The second-order valence-electron chi connectivity index (χ2n) is 7.07. The first-order valence-corrected chi connectivity index (χ1v) is 11.5. The Kier molecular flexibility index (Phi) is 8.48. The average Bonchev–Trinajstić information content (AvgIpc) is 2.66. The van der Waals surface area contributed by atoms with Gasteiger partial charge in [0.05, 0.1) is 4.90 Å². The summed E-state index contributed by atoms with van der Waals surface area (Å²) in [6.45, 7) is 5.06. The highest BCUT2D eigenvalue weighted by atomic mass is 79.9. The van der Waals surface area contributed by atoms with E-state index >= 15 is 0 Å². The van der Waals surface area contributed by atoms with Crippen molar-refractivity contribution in [1.29, 1.82) is 0 Å². The molecule has 0 spiro atoms. The van der Waals surface area contributed by atoms with Crippen molar-refractivity contribution in [1.82, 2.24) is 10.2 Å². The molecule has 0 saturated carbocycles. The molecule has 0 bridgehead atoms. The average molecular weight is 489 g/mol. The Labute approximate surface area is 182 Å². The number of primary sulfonamides is 1. The van der Waals surface area contributed by atoms with Crippen molar-refractivity contribution in [3.05, 3.63) is 64.1 Å². The molecule has 1 saturated heterocycles. The van der Waals surface area contributed by atoms with E-state index in [2.05, 4.69) is 57.3 Å². The zero-order chi connectivity index (χ0) is 19.4. The molecule has 1 unspecified atom stereocenters. The van der Waals surface area contributed by atoms with Crippen LogP contribution in [0.15, 0.2) is 57.9 Å².